The third kappa shape index (κ3) is 4.80. The third-order valence-corrected chi connectivity index (χ3v) is 4.41. The molecule has 1 nitrogen and oxygen atoms in total. The highest BCUT2D eigenvalue weighted by Crippen LogP contribution is 2.25. The van der Waals surface area contributed by atoms with Crippen molar-refractivity contribution in [2.24, 2.45) is 0 Å². The van der Waals surface area contributed by atoms with Crippen LogP contribution < -0.4 is 0 Å². The Balaban J connectivity index is 0.00000180. The Morgan fingerprint density at radius 2 is 1.68 bits per heavy atom. The first-order valence-corrected chi connectivity index (χ1v) is 8.09. The largest absolute Gasteiger partial charge is 0.301 e. The van der Waals surface area contributed by atoms with Gasteiger partial charge in [-0.3, -0.25) is 0 Å². The summed E-state index contributed by atoms with van der Waals surface area (Å²) in [6, 6.07) is 8.58. The van der Waals surface area contributed by atoms with E-state index in [2.05, 4.69) is 34.5 Å². The Morgan fingerprint density at radius 1 is 1.00 bits per heavy atom. The Bertz CT molecular complexity index is 480. The van der Waals surface area contributed by atoms with Gasteiger partial charge in [0.15, 0.2) is 0 Å². The molecular formula is C14H18Cl3NS. The van der Waals surface area contributed by atoms with Crippen molar-refractivity contribution in [3.63, 3.8) is 0 Å². The summed E-state index contributed by atoms with van der Waals surface area (Å²) >= 11 is 13.4. The van der Waals surface area contributed by atoms with E-state index in [9.17, 15) is 0 Å². The molecule has 19 heavy (non-hydrogen) atoms. The van der Waals surface area contributed by atoms with Gasteiger partial charge < -0.3 is 4.90 Å². The van der Waals surface area contributed by atoms with Crippen LogP contribution in [0.4, 0.5) is 0 Å². The fourth-order valence-electron chi connectivity index (χ4n) is 2.08. The van der Waals surface area contributed by atoms with Gasteiger partial charge in [0.05, 0.1) is 0 Å². The molecule has 0 spiro atoms. The molecule has 0 aliphatic heterocycles. The van der Waals surface area contributed by atoms with Crippen molar-refractivity contribution < 1.29 is 0 Å². The number of nitrogens with zero attached hydrogens (tertiary/aromatic N) is 1. The van der Waals surface area contributed by atoms with Gasteiger partial charge in [0, 0.05) is 36.1 Å². The fourth-order valence-corrected chi connectivity index (χ4v) is 3.55. The molecule has 106 valence electrons. The van der Waals surface area contributed by atoms with Crippen LogP contribution in [0.15, 0.2) is 29.6 Å². The van der Waals surface area contributed by atoms with Gasteiger partial charge >= 0.3 is 0 Å². The number of alkyl halides is 2. The van der Waals surface area contributed by atoms with Crippen LogP contribution in [0.5, 0.6) is 0 Å². The molecule has 0 aliphatic rings. The predicted molar refractivity (Wildman–Crippen MR) is 90.7 cm³/mol. The molecule has 0 radical (unpaired) electrons. The smallest absolute Gasteiger partial charge is 0.0351 e. The Kier molecular flexibility index (Phi) is 8.12. The second-order valence-corrected chi connectivity index (χ2v) is 5.89. The summed E-state index contributed by atoms with van der Waals surface area (Å²) in [5, 5.41) is 3.66. The summed E-state index contributed by atoms with van der Waals surface area (Å²) in [6.07, 6.45) is 1.07. The monoisotopic (exact) mass is 337 g/mol. The molecule has 0 unspecified atom stereocenters. The summed E-state index contributed by atoms with van der Waals surface area (Å²) in [7, 11) is 0. The zero-order chi connectivity index (χ0) is 12.8. The molecule has 0 aliphatic carbocycles. The number of benzene rings is 1. The van der Waals surface area contributed by atoms with Gasteiger partial charge in [0.2, 0.25) is 0 Å². The quantitative estimate of drug-likeness (QED) is 0.664. The lowest BCUT2D eigenvalue weighted by Gasteiger charge is -2.19. The van der Waals surface area contributed by atoms with Crippen molar-refractivity contribution in [1.82, 2.24) is 4.90 Å². The normalized spacial score (nSPS) is 10.9. The molecule has 0 fully saturated rings. The van der Waals surface area contributed by atoms with Crippen molar-refractivity contribution in [2.45, 2.75) is 6.42 Å². The molecule has 1 aromatic carbocycles. The maximum absolute atomic E-state index is 5.81. The second kappa shape index (κ2) is 9.04. The summed E-state index contributed by atoms with van der Waals surface area (Å²) < 4.78 is 1.37. The minimum atomic E-state index is 0. The number of rotatable bonds is 7. The molecule has 1 heterocycles. The number of thiophene rings is 1. The lowest BCUT2D eigenvalue weighted by molar-refractivity contribution is 0.312. The van der Waals surface area contributed by atoms with E-state index >= 15 is 0 Å². The van der Waals surface area contributed by atoms with E-state index in [1.165, 1.54) is 15.6 Å². The molecule has 2 aromatic rings. The van der Waals surface area contributed by atoms with E-state index in [0.29, 0.717) is 11.8 Å². The van der Waals surface area contributed by atoms with Crippen molar-refractivity contribution >= 4 is 57.0 Å². The molecular weight excluding hydrogens is 321 g/mol. The molecule has 0 atom stereocenters. The van der Waals surface area contributed by atoms with Crippen molar-refractivity contribution in [2.75, 3.05) is 31.4 Å². The van der Waals surface area contributed by atoms with Gasteiger partial charge in [-0.05, 0) is 28.8 Å². The van der Waals surface area contributed by atoms with Gasteiger partial charge in [-0.2, -0.15) is 0 Å². The second-order valence-electron chi connectivity index (χ2n) is 4.23. The highest BCUT2D eigenvalue weighted by molar-refractivity contribution is 7.17. The van der Waals surface area contributed by atoms with E-state index in [-0.39, 0.29) is 12.4 Å². The van der Waals surface area contributed by atoms with Crippen LogP contribution in [-0.2, 0) is 6.42 Å². The van der Waals surface area contributed by atoms with Crippen molar-refractivity contribution in [1.29, 1.82) is 0 Å². The van der Waals surface area contributed by atoms with Crippen LogP contribution in [0.25, 0.3) is 10.1 Å². The Labute approximate surface area is 134 Å². The van der Waals surface area contributed by atoms with Gasteiger partial charge in [-0.25, -0.2) is 0 Å². The molecule has 0 saturated heterocycles. The zero-order valence-electron chi connectivity index (χ0n) is 10.6. The molecule has 5 heteroatoms. The summed E-state index contributed by atoms with van der Waals surface area (Å²) in [6.45, 7) is 2.85. The van der Waals surface area contributed by atoms with Gasteiger partial charge in [-0.15, -0.1) is 46.9 Å². The number of fused-ring (bicyclic) bond motifs is 1. The van der Waals surface area contributed by atoms with Gasteiger partial charge in [0.25, 0.3) is 0 Å². The van der Waals surface area contributed by atoms with E-state index in [1.54, 1.807) is 0 Å². The summed E-state index contributed by atoms with van der Waals surface area (Å²) in [5.74, 6) is 1.34. The number of hydrogen-bond donors (Lipinski definition) is 0. The minimum absolute atomic E-state index is 0. The van der Waals surface area contributed by atoms with Crippen LogP contribution in [0, 0.1) is 0 Å². The maximum Gasteiger partial charge on any atom is 0.0351 e. The van der Waals surface area contributed by atoms with E-state index in [1.807, 2.05) is 11.3 Å². The highest BCUT2D eigenvalue weighted by Gasteiger charge is 2.07. The predicted octanol–water partition coefficient (Wildman–Crippen LogP) is 4.65. The molecule has 0 N–H and O–H groups in total. The molecule has 0 amide bonds. The lowest BCUT2D eigenvalue weighted by Crippen LogP contribution is -2.30. The first-order valence-electron chi connectivity index (χ1n) is 6.14. The SMILES string of the molecule is Cl.ClCCN(CCCl)CCc1csc2ccccc12. The third-order valence-electron chi connectivity index (χ3n) is 3.06. The van der Waals surface area contributed by atoms with Crippen LogP contribution in [0.2, 0.25) is 0 Å². The fraction of sp³-hybridized carbons (Fsp3) is 0.429. The van der Waals surface area contributed by atoms with Crippen LogP contribution in [0.1, 0.15) is 5.56 Å². The van der Waals surface area contributed by atoms with Crippen molar-refractivity contribution in [3.8, 4) is 0 Å². The van der Waals surface area contributed by atoms with E-state index < -0.39 is 0 Å². The molecule has 1 aromatic heterocycles. The van der Waals surface area contributed by atoms with E-state index in [0.717, 1.165) is 26.1 Å². The Morgan fingerprint density at radius 3 is 2.37 bits per heavy atom. The first-order chi connectivity index (χ1) is 8.85. The topological polar surface area (TPSA) is 3.24 Å². The number of hydrogen-bond acceptors (Lipinski definition) is 2. The highest BCUT2D eigenvalue weighted by atomic mass is 35.5. The van der Waals surface area contributed by atoms with E-state index in [4.69, 9.17) is 23.2 Å². The van der Waals surface area contributed by atoms with Crippen LogP contribution >= 0.6 is 46.9 Å². The van der Waals surface area contributed by atoms with Crippen LogP contribution in [-0.4, -0.2) is 36.3 Å². The molecule has 0 saturated carbocycles. The van der Waals surface area contributed by atoms with Crippen molar-refractivity contribution in [3.05, 3.63) is 35.2 Å². The lowest BCUT2D eigenvalue weighted by atomic mass is 10.1. The first kappa shape index (κ1) is 17.1. The summed E-state index contributed by atoms with van der Waals surface area (Å²) in [4.78, 5) is 2.33. The maximum atomic E-state index is 5.81. The van der Waals surface area contributed by atoms with Crippen LogP contribution in [0.3, 0.4) is 0 Å². The average Bonchev–Trinajstić information content (AvgIpc) is 2.80. The Hall–Kier alpha value is 0.01000. The number of halogens is 3. The zero-order valence-corrected chi connectivity index (χ0v) is 13.8. The molecule has 0 bridgehead atoms. The van der Waals surface area contributed by atoms with Gasteiger partial charge in [0.1, 0.15) is 0 Å². The molecule has 2 rings (SSSR count). The standard InChI is InChI=1S/C14H17Cl2NS.ClH/c15-6-9-17(10-7-16)8-5-12-11-18-14-4-2-1-3-13(12)14;/h1-4,11H,5-10H2;1H. The summed E-state index contributed by atoms with van der Waals surface area (Å²) in [5.41, 5.74) is 1.43. The minimum Gasteiger partial charge on any atom is -0.301 e. The van der Waals surface area contributed by atoms with Gasteiger partial charge in [-0.1, -0.05) is 18.2 Å². The average molecular weight is 339 g/mol.